The zero-order chi connectivity index (χ0) is 50.5. The number of anilines is 2. The Hall–Kier alpha value is -6.56. The summed E-state index contributed by atoms with van der Waals surface area (Å²) in [6, 6.07) is 20.2. The van der Waals surface area contributed by atoms with Gasteiger partial charge in [-0.2, -0.15) is 9.61 Å². The van der Waals surface area contributed by atoms with Gasteiger partial charge in [-0.25, -0.2) is 19.2 Å². The third kappa shape index (κ3) is 14.7. The van der Waals surface area contributed by atoms with Gasteiger partial charge in [-0.1, -0.05) is 49.4 Å². The van der Waals surface area contributed by atoms with E-state index in [1.807, 2.05) is 55.0 Å². The molecule has 7 atom stereocenters. The van der Waals surface area contributed by atoms with Gasteiger partial charge in [-0.3, -0.25) is 28.5 Å². The van der Waals surface area contributed by atoms with Crippen LogP contribution < -0.4 is 38.6 Å². The number of nitrogens with one attached hydrogen (secondary N) is 4. The Labute approximate surface area is 402 Å². The SMILES string of the molecule is CCCN(C)Cc1cn(Cc2ccc(F)cc2)c2ccc(NC(=O)C(Cc3ccccc3)NC(=O)C(CCCN=C(N)NOP(=O)(O)OC[C@H]3O[C@@H](n4ccc(N)nc4=O)[C@H](O)[C@@H]3O)NC(C)=O)cc12. The zero-order valence-electron chi connectivity index (χ0n) is 38.8. The fourth-order valence-electron chi connectivity index (χ4n) is 7.86. The van der Waals surface area contributed by atoms with Crippen LogP contribution in [0, 0.1) is 5.82 Å². The summed E-state index contributed by atoms with van der Waals surface area (Å²) in [5.74, 6) is -2.48. The number of hydroxylamine groups is 1. The summed E-state index contributed by atoms with van der Waals surface area (Å²) in [6.07, 6.45) is -1.48. The van der Waals surface area contributed by atoms with Gasteiger partial charge in [0.1, 0.15) is 42.0 Å². The van der Waals surface area contributed by atoms with E-state index in [0.717, 1.165) is 45.1 Å². The largest absolute Gasteiger partial charge is 0.493 e. The second-order valence-corrected chi connectivity index (χ2v) is 18.2. The average molecular weight is 992 g/mol. The van der Waals surface area contributed by atoms with Crippen LogP contribution in [0.4, 0.5) is 15.9 Å². The van der Waals surface area contributed by atoms with Crippen molar-refractivity contribution in [2.24, 2.45) is 10.7 Å². The maximum atomic E-state index is 14.1. The molecule has 0 bridgehead atoms. The normalized spacial score (nSPS) is 18.8. The molecule has 1 aliphatic rings. The molecule has 22 nitrogen and oxygen atoms in total. The van der Waals surface area contributed by atoms with E-state index in [0.29, 0.717) is 18.8 Å². The Balaban J connectivity index is 1.06. The maximum Gasteiger partial charge on any atom is 0.493 e. The molecule has 24 heteroatoms. The third-order valence-electron chi connectivity index (χ3n) is 11.2. The summed E-state index contributed by atoms with van der Waals surface area (Å²) in [7, 11) is -2.89. The van der Waals surface area contributed by atoms with Crippen molar-refractivity contribution < 1.29 is 52.3 Å². The monoisotopic (exact) mass is 991 g/mol. The van der Waals surface area contributed by atoms with Gasteiger partial charge in [0.15, 0.2) is 6.23 Å². The minimum atomic E-state index is -4.93. The number of nitrogens with two attached hydrogens (primary N) is 2. The lowest BCUT2D eigenvalue weighted by molar-refractivity contribution is -0.130. The lowest BCUT2D eigenvalue weighted by Crippen LogP contribution is -2.53. The number of hydrogen-bond donors (Lipinski definition) is 9. The number of ether oxygens (including phenoxy) is 1. The number of carbonyl (C=O) groups is 3. The molecule has 0 spiro atoms. The Morgan fingerprint density at radius 1 is 1.01 bits per heavy atom. The fraction of sp³-hybridized carbons (Fsp3) is 0.391. The molecule has 3 aromatic carbocycles. The Bertz CT molecular complexity index is 2730. The number of benzene rings is 3. The molecule has 0 saturated carbocycles. The van der Waals surface area contributed by atoms with Crippen LogP contribution in [0.2, 0.25) is 0 Å². The lowest BCUT2D eigenvalue weighted by atomic mass is 10.0. The number of nitrogens with zero attached hydrogens (tertiary/aromatic N) is 5. The molecule has 3 heterocycles. The number of rotatable bonds is 23. The van der Waals surface area contributed by atoms with Gasteiger partial charge in [0.2, 0.25) is 23.7 Å². The number of amides is 3. The van der Waals surface area contributed by atoms with Crippen LogP contribution in [0.25, 0.3) is 10.9 Å². The summed E-state index contributed by atoms with van der Waals surface area (Å²) in [6.45, 7) is 4.56. The predicted octanol–water partition coefficient (Wildman–Crippen LogP) is 2.03. The third-order valence-corrected chi connectivity index (χ3v) is 12.0. The van der Waals surface area contributed by atoms with Gasteiger partial charge >= 0.3 is 13.5 Å². The quantitative estimate of drug-likeness (QED) is 0.0149. The molecule has 3 amide bonds. The van der Waals surface area contributed by atoms with E-state index < -0.39 is 80.4 Å². The van der Waals surface area contributed by atoms with Crippen molar-refractivity contribution in [1.82, 2.24) is 35.1 Å². The second kappa shape index (κ2) is 24.3. The molecule has 5 aromatic rings. The number of fused-ring (bicyclic) bond motifs is 1. The average Bonchev–Trinajstić information content (AvgIpc) is 3.79. The lowest BCUT2D eigenvalue weighted by Gasteiger charge is -2.23. The van der Waals surface area contributed by atoms with E-state index in [4.69, 9.17) is 25.4 Å². The van der Waals surface area contributed by atoms with E-state index in [1.54, 1.807) is 18.2 Å². The molecular weight excluding hydrogens is 933 g/mol. The first-order valence-corrected chi connectivity index (χ1v) is 23.9. The highest BCUT2D eigenvalue weighted by Crippen LogP contribution is 2.43. The van der Waals surface area contributed by atoms with Crippen LogP contribution in [0.15, 0.2) is 101 Å². The van der Waals surface area contributed by atoms with Crippen molar-refractivity contribution in [1.29, 1.82) is 0 Å². The smallest absolute Gasteiger partial charge is 0.387 e. The molecule has 6 rings (SSSR count). The van der Waals surface area contributed by atoms with Crippen molar-refractivity contribution in [2.45, 2.75) is 89.2 Å². The molecular formula is C46H59FN11O11P. The number of aliphatic hydroxyl groups is 2. The number of aliphatic hydroxyl groups excluding tert-OH is 2. The molecule has 376 valence electrons. The van der Waals surface area contributed by atoms with Crippen molar-refractivity contribution in [2.75, 3.05) is 37.8 Å². The molecule has 3 unspecified atom stereocenters. The minimum absolute atomic E-state index is 0.0419. The fourth-order valence-corrected chi connectivity index (χ4v) is 8.46. The first-order chi connectivity index (χ1) is 33.4. The minimum Gasteiger partial charge on any atom is -0.387 e. The van der Waals surface area contributed by atoms with Crippen LogP contribution in [-0.4, -0.2) is 115 Å². The van der Waals surface area contributed by atoms with Crippen LogP contribution in [0.3, 0.4) is 0 Å². The summed E-state index contributed by atoms with van der Waals surface area (Å²) >= 11 is 0. The van der Waals surface area contributed by atoms with Crippen LogP contribution >= 0.6 is 7.82 Å². The van der Waals surface area contributed by atoms with Crippen molar-refractivity contribution in [3.8, 4) is 0 Å². The number of aliphatic imine (C=N–C) groups is 1. The standard InChI is InChI=1S/C46H59FN11O11P/c1-4-20-56(3)25-31-26-57(24-30-12-14-32(47)15-13-30)37-17-16-33(23-34(31)37)52-43(63)36(22-29-9-6-5-7-10-29)53-42(62)35(51-28(2)59)11-8-19-50-45(49)55-69-70(65,66)67-27-38-40(60)41(61)44(68-38)58-21-18-39(48)54-46(58)64/h5-7,9-10,12-18,21,23,26,35-36,38,40-41,44,60-61H,4,8,11,19-20,22,24-25,27H2,1-3H3,(H,51,59)(H,52,63)(H,53,62)(H,65,66)(H2,48,54,64)(H3,49,50,55)/t35?,36?,38-,40-,41-,44-/m1/s1. The number of hydrogen-bond acceptors (Lipinski definition) is 14. The molecule has 11 N–H and O–H groups in total. The van der Waals surface area contributed by atoms with Crippen molar-refractivity contribution >= 4 is 53.9 Å². The molecule has 0 aliphatic carbocycles. The number of halogens is 1. The summed E-state index contributed by atoms with van der Waals surface area (Å²) in [5, 5.41) is 30.2. The number of phosphoric ester groups is 1. The Morgan fingerprint density at radius 2 is 1.76 bits per heavy atom. The van der Waals surface area contributed by atoms with Crippen molar-refractivity contribution in [3.05, 3.63) is 124 Å². The van der Waals surface area contributed by atoms with E-state index >= 15 is 0 Å². The Kier molecular flexibility index (Phi) is 18.3. The van der Waals surface area contributed by atoms with Gasteiger partial charge in [0.05, 0.1) is 6.61 Å². The molecule has 0 radical (unpaired) electrons. The van der Waals surface area contributed by atoms with Gasteiger partial charge in [-0.05, 0) is 85.9 Å². The second-order valence-electron chi connectivity index (χ2n) is 16.8. The highest BCUT2D eigenvalue weighted by atomic mass is 31.2. The van der Waals surface area contributed by atoms with Gasteiger partial charge in [0.25, 0.3) is 0 Å². The number of phosphoric acid groups is 1. The summed E-state index contributed by atoms with van der Waals surface area (Å²) < 4.78 is 44.3. The summed E-state index contributed by atoms with van der Waals surface area (Å²) in [5.41, 5.74) is 16.6. The van der Waals surface area contributed by atoms with Gasteiger partial charge in [0, 0.05) is 62.0 Å². The molecule has 1 saturated heterocycles. The number of carbonyl (C=O) groups excluding carboxylic acids is 3. The molecule has 1 fully saturated rings. The van der Waals surface area contributed by atoms with E-state index in [9.17, 15) is 43.2 Å². The molecule has 2 aromatic heterocycles. The first-order valence-electron chi connectivity index (χ1n) is 22.4. The first kappa shape index (κ1) is 52.8. The van der Waals surface area contributed by atoms with Gasteiger partial charge < -0.3 is 56.7 Å². The van der Waals surface area contributed by atoms with Crippen LogP contribution in [0.5, 0.6) is 0 Å². The predicted molar refractivity (Wildman–Crippen MR) is 257 cm³/mol. The number of nitrogen functional groups attached to an aromatic ring is 1. The van der Waals surface area contributed by atoms with E-state index in [1.165, 1.54) is 31.3 Å². The zero-order valence-corrected chi connectivity index (χ0v) is 39.7. The van der Waals surface area contributed by atoms with E-state index in [-0.39, 0.29) is 37.4 Å². The molecule has 70 heavy (non-hydrogen) atoms. The van der Waals surface area contributed by atoms with Gasteiger partial charge in [-0.15, -0.1) is 0 Å². The van der Waals surface area contributed by atoms with Crippen LogP contribution in [-0.2, 0) is 52.3 Å². The summed E-state index contributed by atoms with van der Waals surface area (Å²) in [4.78, 5) is 72.5. The molecule has 1 aliphatic heterocycles. The van der Waals surface area contributed by atoms with Crippen molar-refractivity contribution in [3.63, 3.8) is 0 Å². The Morgan fingerprint density at radius 3 is 2.46 bits per heavy atom. The number of guanidine groups is 1. The topological polar surface area (TPSA) is 312 Å². The van der Waals surface area contributed by atoms with Crippen LogP contribution in [0.1, 0.15) is 56.0 Å². The number of aromatic nitrogens is 3. The maximum absolute atomic E-state index is 14.1. The highest BCUT2D eigenvalue weighted by molar-refractivity contribution is 7.47. The van der Waals surface area contributed by atoms with E-state index in [2.05, 4.69) is 48.5 Å². The highest BCUT2D eigenvalue weighted by Gasteiger charge is 2.45.